The third-order valence-electron chi connectivity index (χ3n) is 4.78. The Morgan fingerprint density at radius 1 is 1.29 bits per heavy atom. The summed E-state index contributed by atoms with van der Waals surface area (Å²) < 4.78 is 2.02. The molecular formula is C17H20N6O. The van der Waals surface area contributed by atoms with Gasteiger partial charge in [0.1, 0.15) is 5.82 Å². The molecule has 3 heterocycles. The van der Waals surface area contributed by atoms with Gasteiger partial charge in [0.25, 0.3) is 5.91 Å². The second-order valence-electron chi connectivity index (χ2n) is 6.32. The molecule has 4 rings (SSSR count). The van der Waals surface area contributed by atoms with Gasteiger partial charge in [-0.1, -0.05) is 0 Å². The van der Waals surface area contributed by atoms with Crippen molar-refractivity contribution in [3.8, 4) is 0 Å². The smallest absolute Gasteiger partial charge is 0.253 e. The number of H-pyrrole nitrogens is 1. The fourth-order valence-corrected chi connectivity index (χ4v) is 3.29. The summed E-state index contributed by atoms with van der Waals surface area (Å²) in [5.41, 5.74) is 1.64. The van der Waals surface area contributed by atoms with E-state index in [-0.39, 0.29) is 11.9 Å². The van der Waals surface area contributed by atoms with Crippen LogP contribution in [0.25, 0.3) is 10.9 Å². The standard InChI is InChI=1S/C17H20N6O/c1-21-7-8-23(11-15(21)16-18-5-6-22(16)2)17(24)12-3-4-14-13(9-12)10-19-20-14/h3-6,9-10,15H,7-8,11H2,1-2H3,(H,19,20)/t15-/m0/s1. The minimum Gasteiger partial charge on any atom is -0.337 e. The number of aromatic amines is 1. The van der Waals surface area contributed by atoms with Crippen molar-refractivity contribution in [2.45, 2.75) is 6.04 Å². The molecule has 0 radical (unpaired) electrons. The molecule has 1 atom stereocenters. The average Bonchev–Trinajstić information content (AvgIpc) is 3.22. The Morgan fingerprint density at radius 2 is 2.17 bits per heavy atom. The summed E-state index contributed by atoms with van der Waals surface area (Å²) in [4.78, 5) is 21.6. The van der Waals surface area contributed by atoms with Gasteiger partial charge in [0, 0.05) is 50.0 Å². The second-order valence-corrected chi connectivity index (χ2v) is 6.32. The first-order valence-corrected chi connectivity index (χ1v) is 8.03. The quantitative estimate of drug-likeness (QED) is 0.774. The Hall–Kier alpha value is -2.67. The van der Waals surface area contributed by atoms with Crippen LogP contribution >= 0.6 is 0 Å². The van der Waals surface area contributed by atoms with Crippen molar-refractivity contribution in [3.63, 3.8) is 0 Å². The van der Waals surface area contributed by atoms with Gasteiger partial charge in [0.15, 0.2) is 0 Å². The zero-order valence-electron chi connectivity index (χ0n) is 13.8. The first-order valence-electron chi connectivity index (χ1n) is 8.03. The van der Waals surface area contributed by atoms with E-state index in [9.17, 15) is 4.79 Å². The molecule has 1 aliphatic rings. The Labute approximate surface area is 139 Å². The summed E-state index contributed by atoms with van der Waals surface area (Å²) in [6.07, 6.45) is 5.49. The van der Waals surface area contributed by atoms with E-state index in [2.05, 4.69) is 27.1 Å². The van der Waals surface area contributed by atoms with E-state index in [1.54, 1.807) is 12.4 Å². The first kappa shape index (κ1) is 14.9. The van der Waals surface area contributed by atoms with Crippen LogP contribution in [-0.2, 0) is 7.05 Å². The predicted octanol–water partition coefficient (Wildman–Crippen LogP) is 1.43. The van der Waals surface area contributed by atoms with E-state index in [0.29, 0.717) is 12.1 Å². The van der Waals surface area contributed by atoms with Crippen LogP contribution in [0.2, 0.25) is 0 Å². The van der Waals surface area contributed by atoms with Crippen molar-refractivity contribution in [2.24, 2.45) is 7.05 Å². The van der Waals surface area contributed by atoms with Crippen LogP contribution in [0, 0.1) is 0 Å². The highest BCUT2D eigenvalue weighted by Crippen LogP contribution is 2.24. The molecule has 0 aliphatic carbocycles. The maximum atomic E-state index is 12.9. The summed E-state index contributed by atoms with van der Waals surface area (Å²) in [5.74, 6) is 1.05. The maximum Gasteiger partial charge on any atom is 0.253 e. The largest absolute Gasteiger partial charge is 0.337 e. The molecule has 1 N–H and O–H groups in total. The van der Waals surface area contributed by atoms with Gasteiger partial charge in [-0.2, -0.15) is 5.10 Å². The van der Waals surface area contributed by atoms with Crippen molar-refractivity contribution in [2.75, 3.05) is 26.7 Å². The van der Waals surface area contributed by atoms with E-state index in [0.717, 1.165) is 29.8 Å². The molecule has 0 bridgehead atoms. The molecule has 0 spiro atoms. The fraction of sp³-hybridized carbons (Fsp3) is 0.353. The lowest BCUT2D eigenvalue weighted by atomic mass is 10.1. The number of fused-ring (bicyclic) bond motifs is 1. The summed E-state index contributed by atoms with van der Waals surface area (Å²) in [6.45, 7) is 2.19. The number of hydrogen-bond acceptors (Lipinski definition) is 4. The zero-order chi connectivity index (χ0) is 16.7. The number of carbonyl (C=O) groups excluding carboxylic acids is 1. The summed E-state index contributed by atoms with van der Waals surface area (Å²) in [6, 6.07) is 5.77. The van der Waals surface area contributed by atoms with E-state index < -0.39 is 0 Å². The molecule has 24 heavy (non-hydrogen) atoms. The second kappa shape index (κ2) is 5.76. The summed E-state index contributed by atoms with van der Waals surface area (Å²) in [7, 11) is 4.07. The minimum absolute atomic E-state index is 0.0606. The van der Waals surface area contributed by atoms with Gasteiger partial charge in [-0.3, -0.25) is 14.8 Å². The van der Waals surface area contributed by atoms with Gasteiger partial charge in [-0.05, 0) is 25.2 Å². The Kier molecular flexibility index (Phi) is 3.57. The number of hydrogen-bond donors (Lipinski definition) is 1. The lowest BCUT2D eigenvalue weighted by Crippen LogP contribution is -2.49. The lowest BCUT2D eigenvalue weighted by molar-refractivity contribution is 0.0529. The van der Waals surface area contributed by atoms with E-state index in [4.69, 9.17) is 0 Å². The van der Waals surface area contributed by atoms with E-state index in [1.165, 1.54) is 0 Å². The van der Waals surface area contributed by atoms with Gasteiger partial charge in [0.05, 0.1) is 17.8 Å². The fourth-order valence-electron chi connectivity index (χ4n) is 3.29. The van der Waals surface area contributed by atoms with Gasteiger partial charge in [-0.15, -0.1) is 0 Å². The van der Waals surface area contributed by atoms with Crippen LogP contribution in [0.3, 0.4) is 0 Å². The maximum absolute atomic E-state index is 12.9. The van der Waals surface area contributed by atoms with Crippen LogP contribution in [-0.4, -0.2) is 62.1 Å². The van der Waals surface area contributed by atoms with Crippen LogP contribution in [0.5, 0.6) is 0 Å². The molecular weight excluding hydrogens is 304 g/mol. The molecule has 1 aromatic carbocycles. The molecule has 0 saturated carbocycles. The molecule has 124 valence electrons. The highest BCUT2D eigenvalue weighted by Gasteiger charge is 2.31. The predicted molar refractivity (Wildman–Crippen MR) is 90.6 cm³/mol. The van der Waals surface area contributed by atoms with Gasteiger partial charge >= 0.3 is 0 Å². The average molecular weight is 324 g/mol. The number of imidazole rings is 1. The summed E-state index contributed by atoms with van der Waals surface area (Å²) in [5, 5.41) is 7.88. The Bertz CT molecular complexity index is 882. The number of nitrogens with zero attached hydrogens (tertiary/aromatic N) is 5. The van der Waals surface area contributed by atoms with E-state index in [1.807, 2.05) is 40.9 Å². The molecule has 7 nitrogen and oxygen atoms in total. The van der Waals surface area contributed by atoms with Crippen molar-refractivity contribution >= 4 is 16.8 Å². The first-order chi connectivity index (χ1) is 11.6. The molecule has 0 unspecified atom stereocenters. The molecule has 1 fully saturated rings. The number of amides is 1. The normalized spacial score (nSPS) is 19.1. The third-order valence-corrected chi connectivity index (χ3v) is 4.78. The van der Waals surface area contributed by atoms with E-state index >= 15 is 0 Å². The zero-order valence-corrected chi connectivity index (χ0v) is 13.8. The molecule has 3 aromatic rings. The van der Waals surface area contributed by atoms with Crippen molar-refractivity contribution in [1.29, 1.82) is 0 Å². The number of carbonyl (C=O) groups is 1. The van der Waals surface area contributed by atoms with Crippen LogP contribution in [0.1, 0.15) is 22.2 Å². The number of aromatic nitrogens is 4. The Morgan fingerprint density at radius 3 is 2.96 bits per heavy atom. The molecule has 1 amide bonds. The van der Waals surface area contributed by atoms with Crippen LogP contribution in [0.15, 0.2) is 36.8 Å². The third kappa shape index (κ3) is 2.46. The topological polar surface area (TPSA) is 70.1 Å². The molecule has 1 aliphatic heterocycles. The van der Waals surface area contributed by atoms with Crippen molar-refractivity contribution in [1.82, 2.24) is 29.5 Å². The minimum atomic E-state index is 0.0606. The number of likely N-dealkylation sites (N-methyl/N-ethyl adjacent to an activating group) is 1. The number of nitrogens with one attached hydrogen (secondary N) is 1. The number of rotatable bonds is 2. The van der Waals surface area contributed by atoms with Gasteiger partial charge < -0.3 is 9.47 Å². The molecule has 1 saturated heterocycles. The lowest BCUT2D eigenvalue weighted by Gasteiger charge is -2.39. The number of benzene rings is 1. The van der Waals surface area contributed by atoms with Gasteiger partial charge in [0.2, 0.25) is 0 Å². The number of piperazine rings is 1. The Balaban J connectivity index is 1.59. The molecule has 7 heteroatoms. The summed E-state index contributed by atoms with van der Waals surface area (Å²) >= 11 is 0. The monoisotopic (exact) mass is 324 g/mol. The van der Waals surface area contributed by atoms with Crippen molar-refractivity contribution < 1.29 is 4.79 Å². The number of aryl methyl sites for hydroxylation is 1. The molecule has 2 aromatic heterocycles. The van der Waals surface area contributed by atoms with Crippen molar-refractivity contribution in [3.05, 3.63) is 48.2 Å². The highest BCUT2D eigenvalue weighted by atomic mass is 16.2. The SMILES string of the molecule is CN1CCN(C(=O)c2ccc3[nH]ncc3c2)C[C@H]1c1nccn1C. The van der Waals surface area contributed by atoms with Gasteiger partial charge in [-0.25, -0.2) is 4.98 Å². The van der Waals surface area contributed by atoms with Crippen LogP contribution < -0.4 is 0 Å². The highest BCUT2D eigenvalue weighted by molar-refractivity contribution is 5.98. The van der Waals surface area contributed by atoms with Crippen LogP contribution in [0.4, 0.5) is 0 Å².